The lowest BCUT2D eigenvalue weighted by molar-refractivity contribution is -0.516. The van der Waals surface area contributed by atoms with Crippen molar-refractivity contribution in [3.63, 3.8) is 0 Å². The van der Waals surface area contributed by atoms with Gasteiger partial charge in [-0.1, -0.05) is 0 Å². The molecular weight excluding hydrogens is 457 g/mol. The molecule has 178 valence electrons. The van der Waals surface area contributed by atoms with Crippen molar-refractivity contribution in [2.45, 2.75) is 20.1 Å². The largest absolute Gasteiger partial charge is 0.481 e. The van der Waals surface area contributed by atoms with Crippen molar-refractivity contribution >= 4 is 11.6 Å². The minimum absolute atomic E-state index is 0.0663. The highest BCUT2D eigenvalue weighted by Crippen LogP contribution is 2.34. The van der Waals surface area contributed by atoms with Gasteiger partial charge in [-0.2, -0.15) is 4.68 Å². The zero-order chi connectivity index (χ0) is 24.7. The summed E-state index contributed by atoms with van der Waals surface area (Å²) >= 11 is 0. The molecule has 0 aliphatic carbocycles. The molecule has 0 spiro atoms. The summed E-state index contributed by atoms with van der Waals surface area (Å²) in [4.78, 5) is 26.2. The lowest BCUT2D eigenvalue weighted by atomic mass is 10.00. The first kappa shape index (κ1) is 22.2. The van der Waals surface area contributed by atoms with E-state index in [9.17, 15) is 14.3 Å². The molecule has 0 aliphatic heterocycles. The van der Waals surface area contributed by atoms with E-state index in [1.807, 2.05) is 0 Å². The number of hydrogen-bond acceptors (Lipinski definition) is 8. The summed E-state index contributed by atoms with van der Waals surface area (Å²) in [7, 11) is 1.46. The van der Waals surface area contributed by atoms with Gasteiger partial charge in [0.15, 0.2) is 6.39 Å². The summed E-state index contributed by atoms with van der Waals surface area (Å²) < 4.78 is 26.8. The minimum Gasteiger partial charge on any atom is -0.481 e. The van der Waals surface area contributed by atoms with E-state index in [1.165, 1.54) is 34.7 Å². The van der Waals surface area contributed by atoms with Gasteiger partial charge in [0.2, 0.25) is 11.5 Å². The van der Waals surface area contributed by atoms with Gasteiger partial charge in [-0.05, 0) is 42.8 Å². The van der Waals surface area contributed by atoms with Crippen LogP contribution in [0.25, 0.3) is 28.0 Å². The van der Waals surface area contributed by atoms with E-state index >= 15 is 0 Å². The summed E-state index contributed by atoms with van der Waals surface area (Å²) in [5, 5.41) is 12.8. The number of aromatic nitrogens is 6. The Hall–Kier alpha value is -4.58. The molecule has 0 saturated heterocycles. The van der Waals surface area contributed by atoms with Crippen LogP contribution in [0.15, 0.2) is 52.0 Å². The number of H-pyrrole nitrogens is 1. The zero-order valence-electron chi connectivity index (χ0n) is 18.8. The van der Waals surface area contributed by atoms with Gasteiger partial charge in [-0.25, -0.2) is 24.3 Å². The van der Waals surface area contributed by atoms with Gasteiger partial charge in [0.05, 0.1) is 25.0 Å². The fourth-order valence-electron chi connectivity index (χ4n) is 3.87. The van der Waals surface area contributed by atoms with E-state index in [0.29, 0.717) is 45.2 Å². The lowest BCUT2D eigenvalue weighted by Crippen LogP contribution is -2.44. The Morgan fingerprint density at radius 1 is 1.23 bits per heavy atom. The molecule has 4 N–H and O–H groups in total. The molecular formula is C23H21FN7O4+. The van der Waals surface area contributed by atoms with Gasteiger partial charge in [-0.15, -0.1) is 9.38 Å². The Morgan fingerprint density at radius 2 is 2.00 bits per heavy atom. The molecule has 0 radical (unpaired) electrons. The van der Waals surface area contributed by atoms with Crippen molar-refractivity contribution in [3.05, 3.63) is 76.2 Å². The van der Waals surface area contributed by atoms with Gasteiger partial charge in [0.25, 0.3) is 0 Å². The molecule has 4 aromatic heterocycles. The highest BCUT2D eigenvalue weighted by molar-refractivity contribution is 5.89. The van der Waals surface area contributed by atoms with Crippen molar-refractivity contribution in [2.24, 2.45) is 0 Å². The standard InChI is InChI=1S/C23H20FN7O4/c1-12-17(26-11-35-12)9-30-23(33)31-21(29-30)19(14-7-16(10-32)27-18(8-14)34-2)20(28-22(31)25)13-3-5-15(24)6-4-13/h3-8,11,32H,9-10H2,1-2H3,(H2,25,27,28,29)/p+1. The molecule has 4 heterocycles. The van der Waals surface area contributed by atoms with E-state index < -0.39 is 11.5 Å². The van der Waals surface area contributed by atoms with E-state index in [-0.39, 0.29) is 25.0 Å². The van der Waals surface area contributed by atoms with Crippen LogP contribution in [0, 0.1) is 12.7 Å². The summed E-state index contributed by atoms with van der Waals surface area (Å²) in [5.74, 6) is 0.356. The van der Waals surface area contributed by atoms with Crippen LogP contribution in [-0.4, -0.2) is 36.9 Å². The molecule has 0 bridgehead atoms. The zero-order valence-corrected chi connectivity index (χ0v) is 18.8. The van der Waals surface area contributed by atoms with Crippen LogP contribution < -0.4 is 20.6 Å². The summed E-state index contributed by atoms with van der Waals surface area (Å²) in [5.41, 5.74) is 9.01. The number of aromatic amines is 1. The van der Waals surface area contributed by atoms with Gasteiger partial charge >= 0.3 is 11.6 Å². The van der Waals surface area contributed by atoms with Crippen LogP contribution in [0.3, 0.4) is 0 Å². The maximum absolute atomic E-state index is 13.7. The van der Waals surface area contributed by atoms with Gasteiger partial charge in [0, 0.05) is 11.6 Å². The number of nitrogens with two attached hydrogens (primary N) is 1. The highest BCUT2D eigenvalue weighted by Gasteiger charge is 2.27. The average molecular weight is 478 g/mol. The van der Waals surface area contributed by atoms with Crippen LogP contribution >= 0.6 is 0 Å². The Bertz CT molecular complexity index is 1580. The molecule has 5 aromatic rings. The number of aliphatic hydroxyl groups is 1. The molecule has 11 nitrogen and oxygen atoms in total. The number of fused-ring (bicyclic) bond motifs is 1. The fourth-order valence-corrected chi connectivity index (χ4v) is 3.87. The third kappa shape index (κ3) is 3.89. The van der Waals surface area contributed by atoms with Crippen molar-refractivity contribution in [1.82, 2.24) is 24.7 Å². The number of oxazole rings is 1. The van der Waals surface area contributed by atoms with Gasteiger partial charge in [-0.3, -0.25) is 0 Å². The van der Waals surface area contributed by atoms with Crippen molar-refractivity contribution in [2.75, 3.05) is 12.8 Å². The van der Waals surface area contributed by atoms with Crippen LogP contribution in [0.2, 0.25) is 0 Å². The number of pyridine rings is 1. The van der Waals surface area contributed by atoms with Crippen LogP contribution in [0.1, 0.15) is 17.1 Å². The second-order valence-corrected chi connectivity index (χ2v) is 7.77. The number of rotatable bonds is 6. The summed E-state index contributed by atoms with van der Waals surface area (Å²) in [6, 6.07) is 9.05. The van der Waals surface area contributed by atoms with Crippen LogP contribution in [0.5, 0.6) is 5.88 Å². The topological polar surface area (TPSA) is 149 Å². The number of ether oxygens (including phenoxy) is 1. The van der Waals surface area contributed by atoms with E-state index in [0.717, 1.165) is 0 Å². The summed E-state index contributed by atoms with van der Waals surface area (Å²) in [6.07, 6.45) is 1.30. The molecule has 35 heavy (non-hydrogen) atoms. The number of aliphatic hydroxyl groups excluding tert-OH is 1. The third-order valence-electron chi connectivity index (χ3n) is 5.60. The number of hydrogen-bond donors (Lipinski definition) is 3. The molecule has 0 fully saturated rings. The molecule has 0 atom stereocenters. The van der Waals surface area contributed by atoms with Crippen molar-refractivity contribution < 1.29 is 23.1 Å². The predicted octanol–water partition coefficient (Wildman–Crippen LogP) is 1.61. The number of anilines is 1. The van der Waals surface area contributed by atoms with Gasteiger partial charge in [0.1, 0.15) is 29.5 Å². The molecule has 0 saturated carbocycles. The second kappa shape index (κ2) is 8.65. The Balaban J connectivity index is 1.84. The van der Waals surface area contributed by atoms with E-state index in [1.54, 1.807) is 31.2 Å². The number of benzene rings is 1. The number of nitrogens with one attached hydrogen (secondary N) is 1. The first-order valence-corrected chi connectivity index (χ1v) is 10.5. The molecule has 0 amide bonds. The van der Waals surface area contributed by atoms with Crippen LogP contribution in [-0.2, 0) is 13.2 Å². The lowest BCUT2D eigenvalue weighted by Gasteiger charge is -2.11. The van der Waals surface area contributed by atoms with Crippen LogP contribution in [0.4, 0.5) is 10.3 Å². The smallest absolute Gasteiger partial charge is 0.428 e. The first-order valence-electron chi connectivity index (χ1n) is 10.5. The van der Waals surface area contributed by atoms with Crippen molar-refractivity contribution in [1.29, 1.82) is 0 Å². The number of aryl methyl sites for hydroxylation is 1. The SMILES string of the molecule is COc1cc(-c2c(-c3ccc(F)cc3)nc(N)[n+]3c(=O)n(Cc4ncoc4C)[nH]c23)cc(CO)n1. The average Bonchev–Trinajstić information content (AvgIpc) is 3.41. The maximum Gasteiger partial charge on any atom is 0.428 e. The minimum atomic E-state index is -0.470. The monoisotopic (exact) mass is 478 g/mol. The number of halogens is 1. The highest BCUT2D eigenvalue weighted by atomic mass is 19.1. The Morgan fingerprint density at radius 3 is 2.66 bits per heavy atom. The van der Waals surface area contributed by atoms with E-state index in [2.05, 4.69) is 20.1 Å². The summed E-state index contributed by atoms with van der Waals surface area (Å²) in [6.45, 7) is 1.52. The van der Waals surface area contributed by atoms with Crippen molar-refractivity contribution in [3.8, 4) is 28.3 Å². The third-order valence-corrected chi connectivity index (χ3v) is 5.60. The maximum atomic E-state index is 13.7. The normalized spacial score (nSPS) is 11.3. The number of nitrogen functional groups attached to an aromatic ring is 1. The van der Waals surface area contributed by atoms with E-state index in [4.69, 9.17) is 14.9 Å². The molecule has 12 heteroatoms. The van der Waals surface area contributed by atoms with Gasteiger partial charge < -0.3 is 20.0 Å². The molecule has 5 rings (SSSR count). The Kier molecular flexibility index (Phi) is 5.49. The predicted molar refractivity (Wildman–Crippen MR) is 122 cm³/mol. The molecule has 0 unspecified atom stereocenters. The fraction of sp³-hybridized carbons (Fsp3) is 0.174. The molecule has 0 aliphatic rings. The number of methoxy groups -OCH3 is 1. The quantitative estimate of drug-likeness (QED) is 0.312. The number of nitrogens with zero attached hydrogens (tertiary/aromatic N) is 5. The Labute approximate surface area is 197 Å². The first-order chi connectivity index (χ1) is 16.9. The molecule has 1 aromatic carbocycles. The second-order valence-electron chi connectivity index (χ2n) is 7.77.